The Morgan fingerprint density at radius 3 is 2.75 bits per heavy atom. The number of ketones is 1. The Bertz CT molecular complexity index is 234. The molecule has 3 nitrogen and oxygen atoms in total. The molecule has 0 aliphatic heterocycles. The fourth-order valence-electron chi connectivity index (χ4n) is 2.51. The lowest BCUT2D eigenvalue weighted by atomic mass is 9.88. The fourth-order valence-corrected chi connectivity index (χ4v) is 2.51. The average Bonchev–Trinajstić information content (AvgIpc) is 2.60. The zero-order chi connectivity index (χ0) is 8.72. The van der Waals surface area contributed by atoms with E-state index >= 15 is 0 Å². The molecule has 0 amide bonds. The van der Waals surface area contributed by atoms with Crippen LogP contribution in [0.5, 0.6) is 0 Å². The summed E-state index contributed by atoms with van der Waals surface area (Å²) in [5.41, 5.74) is 0. The quantitative estimate of drug-likeness (QED) is 0.543. The Balaban J connectivity index is 2.12. The van der Waals surface area contributed by atoms with Crippen LogP contribution >= 0.6 is 0 Å². The molecular formula is C9H12O3. The van der Waals surface area contributed by atoms with E-state index in [1.54, 1.807) is 0 Å². The lowest BCUT2D eigenvalue weighted by Crippen LogP contribution is -2.27. The molecule has 3 atom stereocenters. The summed E-state index contributed by atoms with van der Waals surface area (Å²) in [5.74, 6) is 0.396. The van der Waals surface area contributed by atoms with Gasteiger partial charge < -0.3 is 4.74 Å². The highest BCUT2D eigenvalue weighted by molar-refractivity contribution is 5.90. The van der Waals surface area contributed by atoms with E-state index in [4.69, 9.17) is 0 Å². The summed E-state index contributed by atoms with van der Waals surface area (Å²) in [6.07, 6.45) is 2.47. The van der Waals surface area contributed by atoms with Gasteiger partial charge in [0, 0.05) is 12.3 Å². The van der Waals surface area contributed by atoms with Crippen LogP contribution in [-0.4, -0.2) is 18.9 Å². The van der Waals surface area contributed by atoms with E-state index in [0.29, 0.717) is 12.3 Å². The van der Waals surface area contributed by atoms with Crippen LogP contribution in [-0.2, 0) is 14.3 Å². The molecule has 0 N–H and O–H groups in total. The van der Waals surface area contributed by atoms with E-state index in [9.17, 15) is 9.59 Å². The summed E-state index contributed by atoms with van der Waals surface area (Å²) >= 11 is 0. The number of rotatable bonds is 1. The third kappa shape index (κ3) is 0.958. The van der Waals surface area contributed by atoms with Crippen molar-refractivity contribution in [2.45, 2.75) is 19.3 Å². The highest BCUT2D eigenvalue weighted by atomic mass is 16.5. The molecule has 3 heteroatoms. The van der Waals surface area contributed by atoms with Gasteiger partial charge in [0.15, 0.2) is 0 Å². The average molecular weight is 168 g/mol. The third-order valence-corrected chi connectivity index (χ3v) is 3.07. The normalized spacial score (nSPS) is 38.8. The van der Waals surface area contributed by atoms with Gasteiger partial charge in [0.1, 0.15) is 5.78 Å². The Kier molecular flexibility index (Phi) is 1.67. The van der Waals surface area contributed by atoms with E-state index < -0.39 is 0 Å². The zero-order valence-electron chi connectivity index (χ0n) is 7.08. The van der Waals surface area contributed by atoms with E-state index in [2.05, 4.69) is 4.74 Å². The monoisotopic (exact) mass is 168 g/mol. The first kappa shape index (κ1) is 7.77. The van der Waals surface area contributed by atoms with Crippen LogP contribution in [0.2, 0.25) is 0 Å². The standard InChI is InChI=1S/C9H12O3/c1-12-9(11)7-3-5-2-6(7)8(10)4-5/h5-7H,2-4H2,1H3/t5-,6-,7-/m1/s1. The number of fused-ring (bicyclic) bond motifs is 2. The van der Waals surface area contributed by atoms with Crippen LogP contribution in [0.3, 0.4) is 0 Å². The number of hydrogen-bond acceptors (Lipinski definition) is 3. The van der Waals surface area contributed by atoms with Crippen LogP contribution < -0.4 is 0 Å². The molecule has 0 radical (unpaired) electrons. The molecule has 2 aliphatic rings. The number of hydrogen-bond donors (Lipinski definition) is 0. The number of carbonyl (C=O) groups is 2. The van der Waals surface area contributed by atoms with E-state index in [1.807, 2.05) is 0 Å². The second-order valence-corrected chi connectivity index (χ2v) is 3.74. The summed E-state index contributed by atoms with van der Waals surface area (Å²) in [6, 6.07) is 0. The van der Waals surface area contributed by atoms with E-state index in [-0.39, 0.29) is 23.6 Å². The van der Waals surface area contributed by atoms with Gasteiger partial charge >= 0.3 is 5.97 Å². The van der Waals surface area contributed by atoms with Crippen molar-refractivity contribution >= 4 is 11.8 Å². The molecule has 12 heavy (non-hydrogen) atoms. The molecule has 0 aromatic carbocycles. The fraction of sp³-hybridized carbons (Fsp3) is 0.778. The van der Waals surface area contributed by atoms with Crippen molar-refractivity contribution < 1.29 is 14.3 Å². The van der Waals surface area contributed by atoms with Gasteiger partial charge in [0.25, 0.3) is 0 Å². The molecule has 2 saturated carbocycles. The molecule has 2 rings (SSSR count). The molecule has 2 bridgehead atoms. The predicted octanol–water partition coefficient (Wildman–Crippen LogP) is 0.775. The van der Waals surface area contributed by atoms with Crippen molar-refractivity contribution in [3.8, 4) is 0 Å². The maximum absolute atomic E-state index is 11.3. The number of esters is 1. The van der Waals surface area contributed by atoms with Crippen molar-refractivity contribution in [3.63, 3.8) is 0 Å². The van der Waals surface area contributed by atoms with Crippen LogP contribution in [0, 0.1) is 17.8 Å². The molecule has 0 unspecified atom stereocenters. The minimum atomic E-state index is -0.199. The van der Waals surface area contributed by atoms with Crippen molar-refractivity contribution in [1.29, 1.82) is 0 Å². The van der Waals surface area contributed by atoms with Gasteiger partial charge in [0.05, 0.1) is 13.0 Å². The molecule has 0 saturated heterocycles. The Hall–Kier alpha value is -0.860. The second-order valence-electron chi connectivity index (χ2n) is 3.74. The van der Waals surface area contributed by atoms with Gasteiger partial charge in [-0.25, -0.2) is 0 Å². The minimum absolute atomic E-state index is 0.0116. The molecule has 0 aromatic heterocycles. The summed E-state index contributed by atoms with van der Waals surface area (Å²) in [6.45, 7) is 0. The van der Waals surface area contributed by atoms with Crippen LogP contribution in [0.4, 0.5) is 0 Å². The van der Waals surface area contributed by atoms with Gasteiger partial charge in [-0.05, 0) is 18.8 Å². The largest absolute Gasteiger partial charge is 0.469 e. The van der Waals surface area contributed by atoms with Crippen molar-refractivity contribution in [1.82, 2.24) is 0 Å². The molecule has 0 aromatic rings. The smallest absolute Gasteiger partial charge is 0.309 e. The maximum Gasteiger partial charge on any atom is 0.309 e. The highest BCUT2D eigenvalue weighted by Crippen LogP contribution is 2.46. The number of carbonyl (C=O) groups excluding carboxylic acids is 2. The Morgan fingerprint density at radius 1 is 1.50 bits per heavy atom. The molecule has 0 heterocycles. The van der Waals surface area contributed by atoms with Gasteiger partial charge in [0.2, 0.25) is 0 Å². The molecular weight excluding hydrogens is 156 g/mol. The van der Waals surface area contributed by atoms with Crippen molar-refractivity contribution in [2.75, 3.05) is 7.11 Å². The van der Waals surface area contributed by atoms with Gasteiger partial charge in [-0.1, -0.05) is 0 Å². The maximum atomic E-state index is 11.3. The van der Waals surface area contributed by atoms with Gasteiger partial charge in [-0.3, -0.25) is 9.59 Å². The first-order valence-electron chi connectivity index (χ1n) is 4.33. The van der Waals surface area contributed by atoms with Crippen molar-refractivity contribution in [2.24, 2.45) is 17.8 Å². The Labute approximate surface area is 71.1 Å². The number of Topliss-reactive ketones (excluding diaryl/α,β-unsaturated/α-hetero) is 1. The summed E-state index contributed by atoms with van der Waals surface area (Å²) in [5, 5.41) is 0. The number of ether oxygens (including phenoxy) is 1. The first-order valence-corrected chi connectivity index (χ1v) is 4.33. The lowest BCUT2D eigenvalue weighted by Gasteiger charge is -2.17. The second kappa shape index (κ2) is 2.57. The summed E-state index contributed by atoms with van der Waals surface area (Å²) in [7, 11) is 1.39. The number of methoxy groups -OCH3 is 1. The van der Waals surface area contributed by atoms with Crippen LogP contribution in [0.15, 0.2) is 0 Å². The van der Waals surface area contributed by atoms with Crippen LogP contribution in [0.1, 0.15) is 19.3 Å². The molecule has 66 valence electrons. The molecule has 0 spiro atoms. The third-order valence-electron chi connectivity index (χ3n) is 3.07. The first-order chi connectivity index (χ1) is 5.72. The van der Waals surface area contributed by atoms with Crippen molar-refractivity contribution in [3.05, 3.63) is 0 Å². The topological polar surface area (TPSA) is 43.4 Å². The van der Waals surface area contributed by atoms with Gasteiger partial charge in [-0.2, -0.15) is 0 Å². The summed E-state index contributed by atoms with van der Waals surface area (Å²) < 4.78 is 4.64. The van der Waals surface area contributed by atoms with Crippen LogP contribution in [0.25, 0.3) is 0 Å². The van der Waals surface area contributed by atoms with Gasteiger partial charge in [-0.15, -0.1) is 0 Å². The Morgan fingerprint density at radius 2 is 2.25 bits per heavy atom. The van der Waals surface area contributed by atoms with E-state index in [0.717, 1.165) is 12.8 Å². The highest BCUT2D eigenvalue weighted by Gasteiger charge is 2.48. The SMILES string of the molecule is COC(=O)[C@@H]1C[C@@H]2CC(=O)[C@@H]1C2. The zero-order valence-corrected chi connectivity index (χ0v) is 7.08. The summed E-state index contributed by atoms with van der Waals surface area (Å²) in [4.78, 5) is 22.4. The molecule has 2 aliphatic carbocycles. The minimum Gasteiger partial charge on any atom is -0.469 e. The van der Waals surface area contributed by atoms with E-state index in [1.165, 1.54) is 7.11 Å². The predicted molar refractivity (Wildman–Crippen MR) is 41.3 cm³/mol. The molecule has 2 fully saturated rings. The lowest BCUT2D eigenvalue weighted by molar-refractivity contribution is -0.149.